The van der Waals surface area contributed by atoms with Crippen LogP contribution in [-0.2, 0) is 9.59 Å². The number of anilines is 2. The van der Waals surface area contributed by atoms with Crippen LogP contribution in [0.3, 0.4) is 0 Å². The Balaban J connectivity index is 1.25. The molecule has 5 aromatic rings. The molecule has 0 spiro atoms. The van der Waals surface area contributed by atoms with Crippen LogP contribution in [0, 0.1) is 0 Å². The highest BCUT2D eigenvalue weighted by Crippen LogP contribution is 2.27. The Morgan fingerprint density at radius 1 is 0.900 bits per heavy atom. The molecule has 0 fully saturated rings. The summed E-state index contributed by atoms with van der Waals surface area (Å²) in [6.45, 7) is 1.83. The molecule has 3 aromatic carbocycles. The molecule has 40 heavy (non-hydrogen) atoms. The number of aromatic nitrogens is 1. The standard InChI is InChI=1S/C31H26N4O3S2/c1-20(29(36)33-25-11-10-22-12-14-32-27(22)18-25)40-26-9-5-8-24(17-26)34-31(38)28(16-21-13-15-39-19-21)35-30(37)23-6-3-2-4-7-23/h2-20,32H,1H3,(H,33,36)(H,34,38)(H,35,37)/b28-16-. The second-order valence-electron chi connectivity index (χ2n) is 8.95. The van der Waals surface area contributed by atoms with Crippen LogP contribution in [0.4, 0.5) is 11.4 Å². The number of rotatable bonds is 9. The molecule has 0 aliphatic rings. The summed E-state index contributed by atoms with van der Waals surface area (Å²) < 4.78 is 0. The first-order valence-electron chi connectivity index (χ1n) is 12.5. The minimum absolute atomic E-state index is 0.122. The van der Waals surface area contributed by atoms with Gasteiger partial charge in [-0.25, -0.2) is 0 Å². The fraction of sp³-hybridized carbons (Fsp3) is 0.0645. The normalized spacial score (nSPS) is 12.1. The molecular formula is C31H26N4O3S2. The van der Waals surface area contributed by atoms with Gasteiger partial charge in [-0.15, -0.1) is 11.8 Å². The third-order valence-corrected chi connectivity index (χ3v) is 7.77. The number of H-pyrrole nitrogens is 1. The van der Waals surface area contributed by atoms with Gasteiger partial charge < -0.3 is 20.9 Å². The van der Waals surface area contributed by atoms with Crippen molar-refractivity contribution in [3.63, 3.8) is 0 Å². The van der Waals surface area contributed by atoms with Crippen LogP contribution in [0.2, 0.25) is 0 Å². The molecule has 2 aromatic heterocycles. The summed E-state index contributed by atoms with van der Waals surface area (Å²) >= 11 is 2.88. The van der Waals surface area contributed by atoms with Crippen LogP contribution in [0.25, 0.3) is 17.0 Å². The van der Waals surface area contributed by atoms with Gasteiger partial charge in [-0.1, -0.05) is 30.3 Å². The van der Waals surface area contributed by atoms with Crippen molar-refractivity contribution in [2.45, 2.75) is 17.1 Å². The molecule has 1 unspecified atom stereocenters. The maximum atomic E-state index is 13.3. The third kappa shape index (κ3) is 6.88. The Kier molecular flexibility index (Phi) is 8.44. The summed E-state index contributed by atoms with van der Waals surface area (Å²) in [4.78, 5) is 42.9. The van der Waals surface area contributed by atoms with Gasteiger partial charge in [0.1, 0.15) is 5.70 Å². The minimum Gasteiger partial charge on any atom is -0.361 e. The number of nitrogens with one attached hydrogen (secondary N) is 4. The summed E-state index contributed by atoms with van der Waals surface area (Å²) in [7, 11) is 0. The highest BCUT2D eigenvalue weighted by atomic mass is 32.2. The van der Waals surface area contributed by atoms with Crippen molar-refractivity contribution in [1.29, 1.82) is 0 Å². The topological polar surface area (TPSA) is 103 Å². The predicted molar refractivity (Wildman–Crippen MR) is 164 cm³/mol. The van der Waals surface area contributed by atoms with E-state index in [-0.39, 0.29) is 22.8 Å². The first-order chi connectivity index (χ1) is 19.4. The smallest absolute Gasteiger partial charge is 0.272 e. The molecule has 4 N–H and O–H groups in total. The fourth-order valence-corrected chi connectivity index (χ4v) is 5.48. The zero-order chi connectivity index (χ0) is 27.9. The van der Waals surface area contributed by atoms with E-state index in [1.165, 1.54) is 23.1 Å². The molecule has 7 nitrogen and oxygen atoms in total. The van der Waals surface area contributed by atoms with Gasteiger partial charge in [0.2, 0.25) is 5.91 Å². The lowest BCUT2D eigenvalue weighted by atomic mass is 10.2. The zero-order valence-electron chi connectivity index (χ0n) is 21.5. The number of fused-ring (bicyclic) bond motifs is 1. The molecule has 0 radical (unpaired) electrons. The van der Waals surface area contributed by atoms with E-state index in [9.17, 15) is 14.4 Å². The summed E-state index contributed by atoms with van der Waals surface area (Å²) in [5, 5.41) is 13.1. The van der Waals surface area contributed by atoms with Crippen LogP contribution >= 0.6 is 23.1 Å². The lowest BCUT2D eigenvalue weighted by molar-refractivity contribution is -0.115. The Labute approximate surface area is 239 Å². The van der Waals surface area contributed by atoms with Crippen LogP contribution in [0.1, 0.15) is 22.8 Å². The molecule has 0 bridgehead atoms. The van der Waals surface area contributed by atoms with E-state index < -0.39 is 5.91 Å². The Hall–Kier alpha value is -4.60. The maximum absolute atomic E-state index is 13.3. The van der Waals surface area contributed by atoms with Gasteiger partial charge in [0.15, 0.2) is 0 Å². The summed E-state index contributed by atoms with van der Waals surface area (Å²) in [5.74, 6) is -0.963. The lowest BCUT2D eigenvalue weighted by Gasteiger charge is -2.14. The van der Waals surface area contributed by atoms with Gasteiger partial charge in [0.05, 0.1) is 5.25 Å². The largest absolute Gasteiger partial charge is 0.361 e. The van der Waals surface area contributed by atoms with E-state index in [4.69, 9.17) is 0 Å². The molecule has 200 valence electrons. The van der Waals surface area contributed by atoms with Crippen molar-refractivity contribution >= 4 is 69.2 Å². The molecular weight excluding hydrogens is 541 g/mol. The van der Waals surface area contributed by atoms with Crippen molar-refractivity contribution in [2.75, 3.05) is 10.6 Å². The van der Waals surface area contributed by atoms with E-state index in [0.29, 0.717) is 11.3 Å². The SMILES string of the molecule is CC(Sc1cccc(NC(=O)/C(=C/c2ccsc2)NC(=O)c2ccccc2)c1)C(=O)Nc1ccc2cc[nH]c2c1. The van der Waals surface area contributed by atoms with Gasteiger partial charge in [-0.05, 0) is 89.3 Å². The third-order valence-electron chi connectivity index (χ3n) is 5.98. The van der Waals surface area contributed by atoms with Crippen molar-refractivity contribution in [3.05, 3.63) is 119 Å². The molecule has 1 atom stereocenters. The van der Waals surface area contributed by atoms with Gasteiger partial charge in [0, 0.05) is 33.5 Å². The monoisotopic (exact) mass is 566 g/mol. The number of thioether (sulfide) groups is 1. The number of thiophene rings is 1. The highest BCUT2D eigenvalue weighted by Gasteiger charge is 2.17. The minimum atomic E-state index is -0.455. The Morgan fingerprint density at radius 3 is 2.52 bits per heavy atom. The second-order valence-corrected chi connectivity index (χ2v) is 11.1. The molecule has 9 heteroatoms. The number of hydrogen-bond donors (Lipinski definition) is 4. The molecule has 0 aliphatic heterocycles. The molecule has 0 saturated heterocycles. The zero-order valence-corrected chi connectivity index (χ0v) is 23.1. The quantitative estimate of drug-likeness (QED) is 0.117. The van der Waals surface area contributed by atoms with Gasteiger partial charge in [-0.3, -0.25) is 14.4 Å². The summed E-state index contributed by atoms with van der Waals surface area (Å²) in [6.07, 6.45) is 3.50. The number of amides is 3. The van der Waals surface area contributed by atoms with Crippen LogP contribution < -0.4 is 16.0 Å². The number of aromatic amines is 1. The van der Waals surface area contributed by atoms with Gasteiger partial charge in [-0.2, -0.15) is 11.3 Å². The van der Waals surface area contributed by atoms with Crippen molar-refractivity contribution in [1.82, 2.24) is 10.3 Å². The lowest BCUT2D eigenvalue weighted by Crippen LogP contribution is -2.30. The highest BCUT2D eigenvalue weighted by molar-refractivity contribution is 8.00. The predicted octanol–water partition coefficient (Wildman–Crippen LogP) is 6.76. The van der Waals surface area contributed by atoms with Crippen LogP contribution in [-0.4, -0.2) is 28.0 Å². The number of hydrogen-bond acceptors (Lipinski definition) is 5. The maximum Gasteiger partial charge on any atom is 0.272 e. The van der Waals surface area contributed by atoms with E-state index in [1.807, 2.05) is 72.4 Å². The summed E-state index contributed by atoms with van der Waals surface area (Å²) in [6, 6.07) is 25.6. The number of carbonyl (C=O) groups is 3. The van der Waals surface area contributed by atoms with Crippen molar-refractivity contribution < 1.29 is 14.4 Å². The van der Waals surface area contributed by atoms with Crippen LogP contribution in [0.5, 0.6) is 0 Å². The number of carbonyl (C=O) groups excluding carboxylic acids is 3. The Bertz CT molecular complexity index is 1680. The first kappa shape index (κ1) is 27.0. The van der Waals surface area contributed by atoms with Crippen LogP contribution in [0.15, 0.2) is 112 Å². The molecule has 2 heterocycles. The first-order valence-corrected chi connectivity index (χ1v) is 14.3. The average molecular weight is 567 g/mol. The molecule has 0 aliphatic carbocycles. The number of benzene rings is 3. The van der Waals surface area contributed by atoms with Crippen molar-refractivity contribution in [3.8, 4) is 0 Å². The fourth-order valence-electron chi connectivity index (χ4n) is 3.94. The van der Waals surface area contributed by atoms with E-state index in [1.54, 1.807) is 42.5 Å². The van der Waals surface area contributed by atoms with E-state index in [2.05, 4.69) is 20.9 Å². The summed E-state index contributed by atoms with van der Waals surface area (Å²) in [5.41, 5.74) is 3.60. The second kappa shape index (κ2) is 12.5. The van der Waals surface area contributed by atoms with E-state index in [0.717, 1.165) is 27.0 Å². The Morgan fingerprint density at radius 2 is 1.73 bits per heavy atom. The average Bonchev–Trinajstić information content (AvgIpc) is 3.65. The molecule has 0 saturated carbocycles. The molecule has 3 amide bonds. The van der Waals surface area contributed by atoms with Gasteiger partial charge >= 0.3 is 0 Å². The van der Waals surface area contributed by atoms with E-state index >= 15 is 0 Å². The van der Waals surface area contributed by atoms with Gasteiger partial charge in [0.25, 0.3) is 11.8 Å². The van der Waals surface area contributed by atoms with Crippen molar-refractivity contribution in [2.24, 2.45) is 0 Å². The molecule has 5 rings (SSSR count).